The molecule has 0 amide bonds. The van der Waals surface area contributed by atoms with Gasteiger partial charge in [0.1, 0.15) is 0 Å². The van der Waals surface area contributed by atoms with Crippen molar-refractivity contribution in [1.82, 2.24) is 14.7 Å². The lowest BCUT2D eigenvalue weighted by Crippen LogP contribution is -2.31. The third-order valence-corrected chi connectivity index (χ3v) is 3.68. The number of aromatic nitrogens is 2. The molecule has 0 aromatic carbocycles. The first-order valence-electron chi connectivity index (χ1n) is 6.59. The molecule has 0 bridgehead atoms. The maximum absolute atomic E-state index is 5.82. The van der Waals surface area contributed by atoms with E-state index in [1.54, 1.807) is 0 Å². The molecule has 1 aliphatic heterocycles. The van der Waals surface area contributed by atoms with E-state index >= 15 is 0 Å². The highest BCUT2D eigenvalue weighted by atomic mass is 15.3. The van der Waals surface area contributed by atoms with E-state index in [1.807, 2.05) is 10.9 Å². The zero-order valence-corrected chi connectivity index (χ0v) is 11.0. The Morgan fingerprint density at radius 2 is 2.35 bits per heavy atom. The average molecular weight is 236 g/mol. The molecule has 1 atom stereocenters. The Hall–Kier alpha value is -0.870. The molecule has 0 saturated carbocycles. The second-order valence-electron chi connectivity index (χ2n) is 5.59. The normalized spacial score (nSPS) is 25.6. The quantitative estimate of drug-likeness (QED) is 0.842. The number of likely N-dealkylation sites (tertiary alicyclic amines) is 1. The SMILES string of the molecule is CCCn1cc(CN2CCC(C)(CN)C2)cn1. The van der Waals surface area contributed by atoms with E-state index in [4.69, 9.17) is 5.73 Å². The number of hydrogen-bond acceptors (Lipinski definition) is 3. The Balaban J connectivity index is 1.89. The summed E-state index contributed by atoms with van der Waals surface area (Å²) in [5.41, 5.74) is 7.46. The lowest BCUT2D eigenvalue weighted by atomic mass is 9.90. The monoisotopic (exact) mass is 236 g/mol. The predicted molar refractivity (Wildman–Crippen MR) is 69.6 cm³/mol. The third kappa shape index (κ3) is 3.07. The summed E-state index contributed by atoms with van der Waals surface area (Å²) in [5.74, 6) is 0. The molecule has 0 radical (unpaired) electrons. The number of hydrogen-bond donors (Lipinski definition) is 1. The molecule has 4 heteroatoms. The number of aryl methyl sites for hydroxylation is 1. The largest absolute Gasteiger partial charge is 0.330 e. The van der Waals surface area contributed by atoms with Gasteiger partial charge in [-0.3, -0.25) is 9.58 Å². The summed E-state index contributed by atoms with van der Waals surface area (Å²) in [6.45, 7) is 9.55. The van der Waals surface area contributed by atoms with Crippen LogP contribution in [0.5, 0.6) is 0 Å². The van der Waals surface area contributed by atoms with Gasteiger partial charge in [-0.05, 0) is 31.3 Å². The van der Waals surface area contributed by atoms with Gasteiger partial charge < -0.3 is 5.73 Å². The van der Waals surface area contributed by atoms with Crippen molar-refractivity contribution < 1.29 is 0 Å². The van der Waals surface area contributed by atoms with Crippen molar-refractivity contribution in [2.75, 3.05) is 19.6 Å². The van der Waals surface area contributed by atoms with Gasteiger partial charge in [0, 0.05) is 31.4 Å². The number of rotatable bonds is 5. The van der Waals surface area contributed by atoms with E-state index in [0.29, 0.717) is 5.41 Å². The van der Waals surface area contributed by atoms with Crippen LogP contribution in [-0.4, -0.2) is 34.3 Å². The molecule has 4 nitrogen and oxygen atoms in total. The van der Waals surface area contributed by atoms with E-state index in [2.05, 4.69) is 30.0 Å². The lowest BCUT2D eigenvalue weighted by Gasteiger charge is -2.22. The van der Waals surface area contributed by atoms with Crippen LogP contribution in [0.25, 0.3) is 0 Å². The van der Waals surface area contributed by atoms with Crippen LogP contribution in [0.2, 0.25) is 0 Å². The van der Waals surface area contributed by atoms with Crippen LogP contribution in [0, 0.1) is 5.41 Å². The molecule has 2 N–H and O–H groups in total. The third-order valence-electron chi connectivity index (χ3n) is 3.68. The van der Waals surface area contributed by atoms with Gasteiger partial charge in [-0.25, -0.2) is 0 Å². The molecule has 2 heterocycles. The minimum Gasteiger partial charge on any atom is -0.330 e. The van der Waals surface area contributed by atoms with Crippen molar-refractivity contribution in [2.45, 2.75) is 39.8 Å². The second-order valence-corrected chi connectivity index (χ2v) is 5.59. The zero-order valence-electron chi connectivity index (χ0n) is 11.0. The molecule has 0 spiro atoms. The minimum atomic E-state index is 0.319. The van der Waals surface area contributed by atoms with E-state index in [9.17, 15) is 0 Å². The molecular weight excluding hydrogens is 212 g/mol. The lowest BCUT2D eigenvalue weighted by molar-refractivity contribution is 0.274. The molecule has 1 unspecified atom stereocenters. The van der Waals surface area contributed by atoms with Crippen molar-refractivity contribution in [3.05, 3.63) is 18.0 Å². The topological polar surface area (TPSA) is 47.1 Å². The standard InChI is InChI=1S/C13H24N4/c1-3-5-17-9-12(7-15-17)8-16-6-4-13(2,10-14)11-16/h7,9H,3-6,8,10-11,14H2,1-2H3. The first-order valence-corrected chi connectivity index (χ1v) is 6.59. The maximum atomic E-state index is 5.82. The average Bonchev–Trinajstić information content (AvgIpc) is 2.89. The number of nitrogens with two attached hydrogens (primary N) is 1. The first kappa shape index (κ1) is 12.6. The van der Waals surface area contributed by atoms with E-state index < -0.39 is 0 Å². The van der Waals surface area contributed by atoms with Crippen LogP contribution in [0.1, 0.15) is 32.3 Å². The molecule has 1 aromatic heterocycles. The Bertz CT molecular complexity index is 360. The highest BCUT2D eigenvalue weighted by molar-refractivity contribution is 5.04. The summed E-state index contributed by atoms with van der Waals surface area (Å²) < 4.78 is 2.04. The van der Waals surface area contributed by atoms with Crippen LogP contribution < -0.4 is 5.73 Å². The Labute approximate surface area is 104 Å². The Morgan fingerprint density at radius 3 is 3.00 bits per heavy atom. The fourth-order valence-electron chi connectivity index (χ4n) is 2.53. The van der Waals surface area contributed by atoms with Gasteiger partial charge >= 0.3 is 0 Å². The summed E-state index contributed by atoms with van der Waals surface area (Å²) >= 11 is 0. The molecule has 1 aliphatic rings. The van der Waals surface area contributed by atoms with Crippen molar-refractivity contribution in [2.24, 2.45) is 11.1 Å². The van der Waals surface area contributed by atoms with E-state index in [1.165, 1.54) is 12.0 Å². The highest BCUT2D eigenvalue weighted by Gasteiger charge is 2.32. The van der Waals surface area contributed by atoms with Crippen molar-refractivity contribution in [3.63, 3.8) is 0 Å². The highest BCUT2D eigenvalue weighted by Crippen LogP contribution is 2.29. The fourth-order valence-corrected chi connectivity index (χ4v) is 2.53. The van der Waals surface area contributed by atoms with Crippen molar-refractivity contribution >= 4 is 0 Å². The van der Waals surface area contributed by atoms with Gasteiger partial charge in [-0.2, -0.15) is 5.10 Å². The summed E-state index contributed by atoms with van der Waals surface area (Å²) in [5, 5.41) is 4.37. The summed E-state index contributed by atoms with van der Waals surface area (Å²) in [6.07, 6.45) is 6.51. The van der Waals surface area contributed by atoms with E-state index in [-0.39, 0.29) is 0 Å². The fraction of sp³-hybridized carbons (Fsp3) is 0.769. The predicted octanol–water partition coefficient (Wildman–Crippen LogP) is 1.46. The molecule has 1 fully saturated rings. The molecule has 17 heavy (non-hydrogen) atoms. The van der Waals surface area contributed by atoms with Gasteiger partial charge in [0.15, 0.2) is 0 Å². The first-order chi connectivity index (χ1) is 8.15. The maximum Gasteiger partial charge on any atom is 0.0534 e. The number of nitrogens with zero attached hydrogens (tertiary/aromatic N) is 3. The Kier molecular flexibility index (Phi) is 3.84. The minimum absolute atomic E-state index is 0.319. The van der Waals surface area contributed by atoms with Crippen molar-refractivity contribution in [3.8, 4) is 0 Å². The van der Waals surface area contributed by atoms with Gasteiger partial charge in [0.2, 0.25) is 0 Å². The van der Waals surface area contributed by atoms with Gasteiger partial charge in [0.25, 0.3) is 0 Å². The summed E-state index contributed by atoms with van der Waals surface area (Å²) in [4.78, 5) is 2.49. The van der Waals surface area contributed by atoms with Gasteiger partial charge in [0.05, 0.1) is 6.20 Å². The molecular formula is C13H24N4. The molecule has 0 aliphatic carbocycles. The zero-order chi connectivity index (χ0) is 12.3. The second kappa shape index (κ2) is 5.19. The summed E-state index contributed by atoms with van der Waals surface area (Å²) in [6, 6.07) is 0. The van der Waals surface area contributed by atoms with Crippen molar-refractivity contribution in [1.29, 1.82) is 0 Å². The smallest absolute Gasteiger partial charge is 0.0534 e. The van der Waals surface area contributed by atoms with Crippen LogP contribution in [0.3, 0.4) is 0 Å². The molecule has 1 saturated heterocycles. The molecule has 2 rings (SSSR count). The van der Waals surface area contributed by atoms with Crippen LogP contribution >= 0.6 is 0 Å². The van der Waals surface area contributed by atoms with Crippen LogP contribution in [-0.2, 0) is 13.1 Å². The summed E-state index contributed by atoms with van der Waals surface area (Å²) in [7, 11) is 0. The van der Waals surface area contributed by atoms with Gasteiger partial charge in [-0.1, -0.05) is 13.8 Å². The molecule has 1 aromatic rings. The van der Waals surface area contributed by atoms with Gasteiger partial charge in [-0.15, -0.1) is 0 Å². The Morgan fingerprint density at radius 1 is 1.53 bits per heavy atom. The van der Waals surface area contributed by atoms with Crippen LogP contribution in [0.4, 0.5) is 0 Å². The van der Waals surface area contributed by atoms with Crippen LogP contribution in [0.15, 0.2) is 12.4 Å². The molecule has 96 valence electrons. The van der Waals surface area contributed by atoms with E-state index in [0.717, 1.165) is 39.1 Å².